The Bertz CT molecular complexity index is 373. The van der Waals surface area contributed by atoms with E-state index in [0.717, 1.165) is 43.7 Å². The SMILES string of the molecule is CCC1CCC(NC(=O)N2CCCSCC2)(C(=O)O)CC1. The highest BCUT2D eigenvalue weighted by Crippen LogP contribution is 2.34. The average molecular weight is 314 g/mol. The van der Waals surface area contributed by atoms with Gasteiger partial charge in [-0.3, -0.25) is 0 Å². The number of carbonyl (C=O) groups excluding carboxylic acids is 1. The lowest BCUT2D eigenvalue weighted by Gasteiger charge is -2.38. The zero-order valence-corrected chi connectivity index (χ0v) is 13.6. The van der Waals surface area contributed by atoms with Gasteiger partial charge in [0.2, 0.25) is 0 Å². The van der Waals surface area contributed by atoms with E-state index in [4.69, 9.17) is 0 Å². The summed E-state index contributed by atoms with van der Waals surface area (Å²) < 4.78 is 0. The van der Waals surface area contributed by atoms with E-state index >= 15 is 0 Å². The lowest BCUT2D eigenvalue weighted by atomic mass is 9.75. The van der Waals surface area contributed by atoms with E-state index in [1.54, 1.807) is 4.90 Å². The number of nitrogens with zero attached hydrogens (tertiary/aromatic N) is 1. The van der Waals surface area contributed by atoms with Gasteiger partial charge in [-0.25, -0.2) is 9.59 Å². The van der Waals surface area contributed by atoms with Crippen molar-refractivity contribution in [2.24, 2.45) is 5.92 Å². The summed E-state index contributed by atoms with van der Waals surface area (Å²) in [6.07, 6.45) is 4.95. The van der Waals surface area contributed by atoms with Crippen molar-refractivity contribution in [3.05, 3.63) is 0 Å². The molecule has 0 bridgehead atoms. The van der Waals surface area contributed by atoms with Crippen molar-refractivity contribution in [2.45, 2.75) is 51.0 Å². The van der Waals surface area contributed by atoms with Crippen LogP contribution in [0.25, 0.3) is 0 Å². The van der Waals surface area contributed by atoms with Crippen molar-refractivity contribution in [1.82, 2.24) is 10.2 Å². The Labute approximate surface area is 130 Å². The van der Waals surface area contributed by atoms with Gasteiger partial charge in [-0.15, -0.1) is 0 Å². The summed E-state index contributed by atoms with van der Waals surface area (Å²) >= 11 is 1.85. The van der Waals surface area contributed by atoms with Crippen LogP contribution in [0.4, 0.5) is 4.79 Å². The van der Waals surface area contributed by atoms with Crippen LogP contribution in [-0.2, 0) is 4.79 Å². The summed E-state index contributed by atoms with van der Waals surface area (Å²) in [5, 5.41) is 12.5. The zero-order chi connectivity index (χ0) is 15.3. The Morgan fingerprint density at radius 2 is 2.00 bits per heavy atom. The predicted molar refractivity (Wildman–Crippen MR) is 84.7 cm³/mol. The van der Waals surface area contributed by atoms with E-state index in [0.29, 0.717) is 25.3 Å². The molecule has 21 heavy (non-hydrogen) atoms. The van der Waals surface area contributed by atoms with E-state index in [9.17, 15) is 14.7 Å². The fourth-order valence-electron chi connectivity index (χ4n) is 3.20. The largest absolute Gasteiger partial charge is 0.480 e. The van der Waals surface area contributed by atoms with E-state index in [2.05, 4.69) is 12.2 Å². The first-order valence-corrected chi connectivity index (χ1v) is 9.11. The Hall–Kier alpha value is -0.910. The number of urea groups is 1. The quantitative estimate of drug-likeness (QED) is 0.840. The van der Waals surface area contributed by atoms with Crippen molar-refractivity contribution in [2.75, 3.05) is 24.6 Å². The van der Waals surface area contributed by atoms with Crippen LogP contribution in [-0.4, -0.2) is 52.1 Å². The molecule has 0 aromatic heterocycles. The molecule has 0 aromatic carbocycles. The fourth-order valence-corrected chi connectivity index (χ4v) is 4.09. The van der Waals surface area contributed by atoms with Gasteiger partial charge in [-0.1, -0.05) is 13.3 Å². The maximum Gasteiger partial charge on any atom is 0.329 e. The minimum Gasteiger partial charge on any atom is -0.480 e. The van der Waals surface area contributed by atoms with Gasteiger partial charge < -0.3 is 15.3 Å². The van der Waals surface area contributed by atoms with Crippen LogP contribution < -0.4 is 5.32 Å². The number of nitrogens with one attached hydrogen (secondary N) is 1. The first kappa shape index (κ1) is 16.5. The van der Waals surface area contributed by atoms with Gasteiger partial charge in [0, 0.05) is 18.8 Å². The summed E-state index contributed by atoms with van der Waals surface area (Å²) in [6.45, 7) is 3.59. The number of aliphatic carboxylic acids is 1. The Morgan fingerprint density at radius 3 is 2.62 bits per heavy atom. The summed E-state index contributed by atoms with van der Waals surface area (Å²) in [5.41, 5.74) is -1.05. The van der Waals surface area contributed by atoms with Gasteiger partial charge in [-0.05, 0) is 43.8 Å². The number of carbonyl (C=O) groups is 2. The van der Waals surface area contributed by atoms with Crippen LogP contribution in [0.5, 0.6) is 0 Å². The minimum atomic E-state index is -1.05. The van der Waals surface area contributed by atoms with Gasteiger partial charge in [0.05, 0.1) is 0 Å². The van der Waals surface area contributed by atoms with Crippen molar-refractivity contribution in [3.63, 3.8) is 0 Å². The topological polar surface area (TPSA) is 69.6 Å². The highest BCUT2D eigenvalue weighted by molar-refractivity contribution is 7.99. The van der Waals surface area contributed by atoms with E-state index in [1.165, 1.54) is 0 Å². The van der Waals surface area contributed by atoms with Crippen LogP contribution in [0.15, 0.2) is 0 Å². The molecule has 1 aliphatic carbocycles. The van der Waals surface area contributed by atoms with Gasteiger partial charge in [-0.2, -0.15) is 11.8 Å². The summed E-state index contributed by atoms with van der Waals surface area (Å²) in [7, 11) is 0. The lowest BCUT2D eigenvalue weighted by molar-refractivity contribution is -0.146. The monoisotopic (exact) mass is 314 g/mol. The summed E-state index contributed by atoms with van der Waals surface area (Å²) in [6, 6.07) is -0.199. The molecule has 0 unspecified atom stereocenters. The van der Waals surface area contributed by atoms with Gasteiger partial charge >= 0.3 is 12.0 Å². The van der Waals surface area contributed by atoms with E-state index < -0.39 is 11.5 Å². The molecule has 2 fully saturated rings. The molecule has 2 amide bonds. The average Bonchev–Trinajstić information content (AvgIpc) is 2.77. The number of hydrogen-bond donors (Lipinski definition) is 2. The molecule has 2 aliphatic rings. The van der Waals surface area contributed by atoms with Crippen LogP contribution in [0.2, 0.25) is 0 Å². The Kier molecular flexibility index (Phi) is 5.79. The first-order chi connectivity index (χ1) is 10.1. The highest BCUT2D eigenvalue weighted by Gasteiger charge is 2.43. The van der Waals surface area contributed by atoms with Crippen LogP contribution in [0.1, 0.15) is 45.4 Å². The second-order valence-corrected chi connectivity index (χ2v) is 7.35. The van der Waals surface area contributed by atoms with Crippen molar-refractivity contribution < 1.29 is 14.7 Å². The number of carboxylic acids is 1. The maximum absolute atomic E-state index is 12.4. The van der Waals surface area contributed by atoms with Crippen LogP contribution in [0, 0.1) is 5.92 Å². The Balaban J connectivity index is 1.99. The molecule has 1 aliphatic heterocycles. The molecule has 1 saturated heterocycles. The fraction of sp³-hybridized carbons (Fsp3) is 0.867. The zero-order valence-electron chi connectivity index (χ0n) is 12.8. The molecular formula is C15H26N2O3S. The molecule has 2 N–H and O–H groups in total. The molecule has 2 rings (SSSR count). The third-order valence-corrected chi connectivity index (χ3v) is 5.85. The molecule has 0 spiro atoms. The molecule has 1 heterocycles. The summed E-state index contributed by atoms with van der Waals surface area (Å²) in [4.78, 5) is 25.9. The molecule has 0 aromatic rings. The first-order valence-electron chi connectivity index (χ1n) is 7.95. The van der Waals surface area contributed by atoms with E-state index in [-0.39, 0.29) is 6.03 Å². The number of thioether (sulfide) groups is 1. The minimum absolute atomic E-state index is 0.199. The standard InChI is InChI=1S/C15H26N2O3S/c1-2-12-4-6-15(7-5-12,13(18)19)16-14(20)17-8-3-10-21-11-9-17/h12H,2-11H2,1H3,(H,16,20)(H,18,19). The molecule has 1 saturated carbocycles. The van der Waals surface area contributed by atoms with Crippen LogP contribution in [0.3, 0.4) is 0 Å². The molecule has 5 nitrogen and oxygen atoms in total. The molecule has 0 radical (unpaired) electrons. The van der Waals surface area contributed by atoms with E-state index in [1.807, 2.05) is 11.8 Å². The van der Waals surface area contributed by atoms with Gasteiger partial charge in [0.15, 0.2) is 0 Å². The molecular weight excluding hydrogens is 288 g/mol. The molecule has 120 valence electrons. The predicted octanol–water partition coefficient (Wildman–Crippen LogP) is 2.56. The molecule has 6 heteroatoms. The second-order valence-electron chi connectivity index (χ2n) is 6.12. The van der Waals surface area contributed by atoms with Gasteiger partial charge in [0.1, 0.15) is 5.54 Å². The molecule has 0 atom stereocenters. The van der Waals surface area contributed by atoms with Crippen molar-refractivity contribution in [1.29, 1.82) is 0 Å². The third-order valence-electron chi connectivity index (χ3n) is 4.80. The third kappa shape index (κ3) is 4.05. The van der Waals surface area contributed by atoms with Gasteiger partial charge in [0.25, 0.3) is 0 Å². The second kappa shape index (κ2) is 7.38. The Morgan fingerprint density at radius 1 is 1.29 bits per heavy atom. The van der Waals surface area contributed by atoms with Crippen LogP contribution >= 0.6 is 11.8 Å². The number of hydrogen-bond acceptors (Lipinski definition) is 3. The van der Waals surface area contributed by atoms with Crippen molar-refractivity contribution in [3.8, 4) is 0 Å². The number of carboxylic acid groups (broad SMARTS) is 1. The normalized spacial score (nSPS) is 30.5. The number of amides is 2. The van der Waals surface area contributed by atoms with Crippen molar-refractivity contribution >= 4 is 23.8 Å². The smallest absolute Gasteiger partial charge is 0.329 e. The highest BCUT2D eigenvalue weighted by atomic mass is 32.2. The summed E-state index contributed by atoms with van der Waals surface area (Å²) in [5.74, 6) is 1.73. The lowest BCUT2D eigenvalue weighted by Crippen LogP contribution is -2.59. The maximum atomic E-state index is 12.4. The number of rotatable bonds is 3.